The number of terminal acetylenes is 1. The number of aliphatic hydroxyl groups is 2. The summed E-state index contributed by atoms with van der Waals surface area (Å²) in [6.07, 6.45) is 1.38. The maximum absolute atomic E-state index is 11.6. The smallest absolute Gasteiger partial charge is 0.303 e. The van der Waals surface area contributed by atoms with Crippen LogP contribution in [-0.4, -0.2) is 60.1 Å². The van der Waals surface area contributed by atoms with Crippen LogP contribution in [0.25, 0.3) is 0 Å². The molecule has 0 spiro atoms. The quantitative estimate of drug-likeness (QED) is 0.376. The third-order valence-corrected chi connectivity index (χ3v) is 4.13. The standard InChI is InChI=1S/C20H26O7/c1-3-4-8-11-24-20-19(26-14(2)22)18(17(23)16(12-21)27-20)25-13-15-9-6-5-7-10-15/h1,5-7,9-10,16-21,23H,4,8,11-13H2,2H3/t16?,17-,18-,19?,20-/m1/s1. The minimum atomic E-state index is -1.19. The van der Waals surface area contributed by atoms with E-state index in [1.165, 1.54) is 6.92 Å². The van der Waals surface area contributed by atoms with Crippen molar-refractivity contribution in [3.05, 3.63) is 35.9 Å². The van der Waals surface area contributed by atoms with Crippen molar-refractivity contribution in [2.75, 3.05) is 13.2 Å². The normalized spacial score (nSPS) is 27.7. The summed E-state index contributed by atoms with van der Waals surface area (Å²) < 4.78 is 22.4. The first-order valence-corrected chi connectivity index (χ1v) is 8.89. The number of benzene rings is 1. The van der Waals surface area contributed by atoms with Crippen LogP contribution in [0, 0.1) is 12.3 Å². The van der Waals surface area contributed by atoms with Crippen molar-refractivity contribution in [2.24, 2.45) is 0 Å². The highest BCUT2D eigenvalue weighted by atomic mass is 16.7. The van der Waals surface area contributed by atoms with Crippen molar-refractivity contribution < 1.29 is 34.0 Å². The third-order valence-electron chi connectivity index (χ3n) is 4.13. The SMILES string of the molecule is C#CCCCO[C@@H]1OC(CO)[C@@H](O)[C@@H](OCc2ccccc2)C1OC(C)=O. The van der Waals surface area contributed by atoms with Crippen molar-refractivity contribution in [3.8, 4) is 12.3 Å². The molecule has 1 aliphatic heterocycles. The number of unbranched alkanes of at least 4 members (excludes halogenated alkanes) is 1. The maximum atomic E-state index is 11.6. The van der Waals surface area contributed by atoms with E-state index in [-0.39, 0.29) is 13.2 Å². The van der Waals surface area contributed by atoms with Gasteiger partial charge in [-0.3, -0.25) is 4.79 Å². The molecule has 0 amide bonds. The van der Waals surface area contributed by atoms with Gasteiger partial charge in [-0.1, -0.05) is 30.3 Å². The molecule has 2 unspecified atom stereocenters. The largest absolute Gasteiger partial charge is 0.454 e. The Morgan fingerprint density at radius 2 is 2.00 bits per heavy atom. The van der Waals surface area contributed by atoms with E-state index in [9.17, 15) is 15.0 Å². The summed E-state index contributed by atoms with van der Waals surface area (Å²) in [4.78, 5) is 11.6. The fourth-order valence-electron chi connectivity index (χ4n) is 2.82. The maximum Gasteiger partial charge on any atom is 0.303 e. The first-order chi connectivity index (χ1) is 13.1. The van der Waals surface area contributed by atoms with Crippen molar-refractivity contribution in [1.29, 1.82) is 0 Å². The highest BCUT2D eigenvalue weighted by Gasteiger charge is 2.48. The number of esters is 1. The predicted molar refractivity (Wildman–Crippen MR) is 96.3 cm³/mol. The van der Waals surface area contributed by atoms with E-state index in [4.69, 9.17) is 25.4 Å². The van der Waals surface area contributed by atoms with E-state index in [2.05, 4.69) is 5.92 Å². The van der Waals surface area contributed by atoms with Gasteiger partial charge >= 0.3 is 5.97 Å². The number of hydrogen-bond donors (Lipinski definition) is 2. The molecule has 0 aliphatic carbocycles. The van der Waals surface area contributed by atoms with Gasteiger partial charge in [0, 0.05) is 13.3 Å². The molecule has 2 N–H and O–H groups in total. The number of carbonyl (C=O) groups is 1. The van der Waals surface area contributed by atoms with Crippen LogP contribution >= 0.6 is 0 Å². The zero-order valence-electron chi connectivity index (χ0n) is 15.3. The molecule has 1 aromatic rings. The van der Waals surface area contributed by atoms with Crippen LogP contribution in [0.5, 0.6) is 0 Å². The lowest BCUT2D eigenvalue weighted by Gasteiger charge is -2.43. The van der Waals surface area contributed by atoms with Crippen LogP contribution < -0.4 is 0 Å². The molecule has 0 bridgehead atoms. The van der Waals surface area contributed by atoms with Crippen LogP contribution in [0.15, 0.2) is 30.3 Å². The van der Waals surface area contributed by atoms with Gasteiger partial charge in [0.2, 0.25) is 0 Å². The summed E-state index contributed by atoms with van der Waals surface area (Å²) in [5.41, 5.74) is 0.893. The summed E-state index contributed by atoms with van der Waals surface area (Å²) in [5, 5.41) is 20.1. The van der Waals surface area contributed by atoms with E-state index in [0.717, 1.165) is 5.56 Å². The van der Waals surface area contributed by atoms with Crippen LogP contribution in [0.2, 0.25) is 0 Å². The Balaban J connectivity index is 2.12. The van der Waals surface area contributed by atoms with Gasteiger partial charge in [0.1, 0.15) is 18.3 Å². The summed E-state index contributed by atoms with van der Waals surface area (Å²) in [5.74, 6) is 1.96. The first kappa shape index (κ1) is 21.4. The van der Waals surface area contributed by atoms with E-state index in [1.807, 2.05) is 30.3 Å². The van der Waals surface area contributed by atoms with Gasteiger partial charge in [-0.25, -0.2) is 0 Å². The average Bonchev–Trinajstić information content (AvgIpc) is 2.66. The highest BCUT2D eigenvalue weighted by Crippen LogP contribution is 2.28. The zero-order chi connectivity index (χ0) is 19.6. The molecule has 2 rings (SSSR count). The van der Waals surface area contributed by atoms with Crippen LogP contribution in [-0.2, 0) is 30.3 Å². The molecule has 1 aromatic carbocycles. The molecular formula is C20H26O7. The molecule has 5 atom stereocenters. The number of carbonyl (C=O) groups excluding carboxylic acids is 1. The second-order valence-electron chi connectivity index (χ2n) is 6.23. The van der Waals surface area contributed by atoms with Gasteiger partial charge in [0.05, 0.1) is 19.8 Å². The second kappa shape index (κ2) is 11.0. The summed E-state index contributed by atoms with van der Waals surface area (Å²) in [6, 6.07) is 9.39. The lowest BCUT2D eigenvalue weighted by atomic mass is 9.98. The molecular weight excluding hydrogens is 352 g/mol. The highest BCUT2D eigenvalue weighted by molar-refractivity contribution is 5.66. The third kappa shape index (κ3) is 6.31. The second-order valence-corrected chi connectivity index (χ2v) is 6.23. The van der Waals surface area contributed by atoms with E-state index < -0.39 is 43.3 Å². The number of aliphatic hydroxyl groups excluding tert-OH is 2. The lowest BCUT2D eigenvalue weighted by molar-refractivity contribution is -0.311. The molecule has 27 heavy (non-hydrogen) atoms. The Hall–Kier alpha value is -1.95. The van der Waals surface area contributed by atoms with Crippen molar-refractivity contribution in [2.45, 2.75) is 57.1 Å². The van der Waals surface area contributed by atoms with Crippen LogP contribution in [0.3, 0.4) is 0 Å². The lowest BCUT2D eigenvalue weighted by Crippen LogP contribution is -2.61. The summed E-state index contributed by atoms with van der Waals surface area (Å²) >= 11 is 0. The topological polar surface area (TPSA) is 94.5 Å². The predicted octanol–water partition coefficient (Wildman–Crippen LogP) is 1.01. The molecule has 1 heterocycles. The Bertz CT molecular complexity index is 613. The fraction of sp³-hybridized carbons (Fsp3) is 0.550. The van der Waals surface area contributed by atoms with Gasteiger partial charge in [0.15, 0.2) is 12.4 Å². The molecule has 7 heteroatoms. The van der Waals surface area contributed by atoms with Gasteiger partial charge in [-0.15, -0.1) is 12.3 Å². The first-order valence-electron chi connectivity index (χ1n) is 8.89. The molecule has 1 saturated heterocycles. The molecule has 0 aromatic heterocycles. The number of rotatable bonds is 9. The zero-order valence-corrected chi connectivity index (χ0v) is 15.3. The van der Waals surface area contributed by atoms with Crippen LogP contribution in [0.4, 0.5) is 0 Å². The van der Waals surface area contributed by atoms with Crippen LogP contribution in [0.1, 0.15) is 25.3 Å². The minimum Gasteiger partial charge on any atom is -0.454 e. The van der Waals surface area contributed by atoms with Crippen molar-refractivity contribution in [1.82, 2.24) is 0 Å². The Labute approximate surface area is 159 Å². The van der Waals surface area contributed by atoms with Gasteiger partial charge in [-0.2, -0.15) is 0 Å². The van der Waals surface area contributed by atoms with E-state index in [1.54, 1.807) is 0 Å². The minimum absolute atomic E-state index is 0.197. The van der Waals surface area contributed by atoms with Gasteiger partial charge in [-0.05, 0) is 12.0 Å². The molecule has 0 radical (unpaired) electrons. The Morgan fingerprint density at radius 3 is 2.63 bits per heavy atom. The fourth-order valence-corrected chi connectivity index (χ4v) is 2.82. The van der Waals surface area contributed by atoms with Crippen molar-refractivity contribution >= 4 is 5.97 Å². The number of hydrogen-bond acceptors (Lipinski definition) is 7. The van der Waals surface area contributed by atoms with Gasteiger partial charge < -0.3 is 29.2 Å². The average molecular weight is 378 g/mol. The Kier molecular flexibility index (Phi) is 8.72. The molecule has 7 nitrogen and oxygen atoms in total. The molecule has 0 saturated carbocycles. The monoisotopic (exact) mass is 378 g/mol. The van der Waals surface area contributed by atoms with Gasteiger partial charge in [0.25, 0.3) is 0 Å². The summed E-state index contributed by atoms with van der Waals surface area (Å²) in [7, 11) is 0. The van der Waals surface area contributed by atoms with E-state index >= 15 is 0 Å². The summed E-state index contributed by atoms with van der Waals surface area (Å²) in [6.45, 7) is 1.31. The Morgan fingerprint density at radius 1 is 1.26 bits per heavy atom. The molecule has 1 fully saturated rings. The van der Waals surface area contributed by atoms with E-state index in [0.29, 0.717) is 12.8 Å². The molecule has 1 aliphatic rings. The van der Waals surface area contributed by atoms with Crippen molar-refractivity contribution in [3.63, 3.8) is 0 Å². The number of ether oxygens (including phenoxy) is 4. The molecule has 148 valence electrons.